The molecular weight excluding hydrogens is 380 g/mol. The SMILES string of the molecule is Cc1cc(C(=O)Cl)ccc1[N+](=O)[O-].Cc1cc(CC(=O)O)ccc1[N+](=O)[O-]. The summed E-state index contributed by atoms with van der Waals surface area (Å²) in [6.45, 7) is 3.14. The second-order valence-corrected chi connectivity index (χ2v) is 5.82. The van der Waals surface area contributed by atoms with Crippen molar-refractivity contribution in [2.45, 2.75) is 20.3 Å². The first-order valence-corrected chi connectivity index (χ1v) is 7.81. The molecule has 9 nitrogen and oxygen atoms in total. The maximum absolute atomic E-state index is 10.7. The van der Waals surface area contributed by atoms with Crippen molar-refractivity contribution in [3.8, 4) is 0 Å². The smallest absolute Gasteiger partial charge is 0.307 e. The van der Waals surface area contributed by atoms with Crippen molar-refractivity contribution < 1.29 is 24.5 Å². The number of nitro groups is 2. The second-order valence-electron chi connectivity index (χ2n) is 5.48. The van der Waals surface area contributed by atoms with E-state index in [0.717, 1.165) is 0 Å². The normalized spacial score (nSPS) is 9.74. The monoisotopic (exact) mass is 394 g/mol. The van der Waals surface area contributed by atoms with Crippen molar-refractivity contribution in [1.29, 1.82) is 0 Å². The Kier molecular flexibility index (Phi) is 7.55. The van der Waals surface area contributed by atoms with Crippen LogP contribution in [-0.2, 0) is 11.2 Å². The van der Waals surface area contributed by atoms with Crippen LogP contribution in [0.3, 0.4) is 0 Å². The summed E-state index contributed by atoms with van der Waals surface area (Å²) in [6, 6.07) is 8.30. The van der Waals surface area contributed by atoms with Crippen molar-refractivity contribution in [1.82, 2.24) is 0 Å². The van der Waals surface area contributed by atoms with Crippen molar-refractivity contribution in [3.05, 3.63) is 78.9 Å². The number of carboxylic acid groups (broad SMARTS) is 1. The number of nitro benzene ring substituents is 2. The lowest BCUT2D eigenvalue weighted by molar-refractivity contribution is -0.385. The van der Waals surface area contributed by atoms with Crippen LogP contribution in [0, 0.1) is 34.1 Å². The number of halogens is 1. The van der Waals surface area contributed by atoms with Crippen LogP contribution < -0.4 is 0 Å². The molecule has 0 aliphatic rings. The van der Waals surface area contributed by atoms with Gasteiger partial charge in [0.1, 0.15) is 0 Å². The number of rotatable bonds is 5. The van der Waals surface area contributed by atoms with Gasteiger partial charge in [0.25, 0.3) is 16.6 Å². The van der Waals surface area contributed by atoms with Gasteiger partial charge in [-0.2, -0.15) is 0 Å². The molecule has 0 atom stereocenters. The minimum atomic E-state index is -0.946. The lowest BCUT2D eigenvalue weighted by Crippen LogP contribution is -2.01. The number of hydrogen-bond donors (Lipinski definition) is 1. The number of carboxylic acids is 1. The van der Waals surface area contributed by atoms with Crippen molar-refractivity contribution >= 4 is 34.2 Å². The van der Waals surface area contributed by atoms with E-state index in [1.54, 1.807) is 13.8 Å². The Labute approximate surface area is 158 Å². The van der Waals surface area contributed by atoms with Gasteiger partial charge in [0, 0.05) is 28.8 Å². The first kappa shape index (κ1) is 21.7. The highest BCUT2D eigenvalue weighted by Gasteiger charge is 2.12. The summed E-state index contributed by atoms with van der Waals surface area (Å²) in [5.74, 6) is -0.946. The number of carbonyl (C=O) groups excluding carboxylic acids is 1. The zero-order valence-corrected chi connectivity index (χ0v) is 15.1. The van der Waals surface area contributed by atoms with E-state index in [9.17, 15) is 29.8 Å². The maximum Gasteiger partial charge on any atom is 0.307 e. The number of nitrogens with zero attached hydrogens (tertiary/aromatic N) is 2. The van der Waals surface area contributed by atoms with E-state index < -0.39 is 21.1 Å². The molecule has 0 unspecified atom stereocenters. The van der Waals surface area contributed by atoms with E-state index in [4.69, 9.17) is 16.7 Å². The van der Waals surface area contributed by atoms with E-state index in [1.165, 1.54) is 36.4 Å². The molecule has 0 spiro atoms. The van der Waals surface area contributed by atoms with Gasteiger partial charge in [-0.25, -0.2) is 0 Å². The molecule has 2 aromatic carbocycles. The Balaban J connectivity index is 0.000000271. The highest BCUT2D eigenvalue weighted by Crippen LogP contribution is 2.20. The molecule has 0 heterocycles. The summed E-state index contributed by atoms with van der Waals surface area (Å²) in [5, 5.41) is 28.7. The predicted octanol–water partition coefficient (Wildman–Crippen LogP) is 3.81. The van der Waals surface area contributed by atoms with Crippen molar-refractivity contribution in [2.24, 2.45) is 0 Å². The van der Waals surface area contributed by atoms with Crippen LogP contribution in [0.25, 0.3) is 0 Å². The maximum atomic E-state index is 10.7. The van der Waals surface area contributed by atoms with Crippen LogP contribution in [-0.4, -0.2) is 26.2 Å². The van der Waals surface area contributed by atoms with E-state index in [2.05, 4.69) is 0 Å². The number of aliphatic carboxylic acids is 1. The van der Waals surface area contributed by atoms with E-state index in [1.807, 2.05) is 0 Å². The number of benzene rings is 2. The van der Waals surface area contributed by atoms with Crippen molar-refractivity contribution in [2.75, 3.05) is 0 Å². The Bertz CT molecular complexity index is 912. The average molecular weight is 395 g/mol. The summed E-state index contributed by atoms with van der Waals surface area (Å²) in [4.78, 5) is 40.9. The minimum absolute atomic E-state index is 0.0123. The molecule has 0 aromatic heterocycles. The molecule has 0 radical (unpaired) electrons. The second kappa shape index (κ2) is 9.39. The molecule has 27 heavy (non-hydrogen) atoms. The van der Waals surface area contributed by atoms with Crippen LogP contribution in [0.5, 0.6) is 0 Å². The number of hydrogen-bond acceptors (Lipinski definition) is 6. The molecule has 0 saturated heterocycles. The first-order chi connectivity index (χ1) is 12.5. The van der Waals surface area contributed by atoms with Crippen LogP contribution in [0.1, 0.15) is 27.0 Å². The third kappa shape index (κ3) is 6.48. The fourth-order valence-electron chi connectivity index (χ4n) is 2.19. The topological polar surface area (TPSA) is 141 Å². The molecule has 0 bridgehead atoms. The number of carbonyl (C=O) groups is 2. The number of aryl methyl sites for hydroxylation is 2. The zero-order chi connectivity index (χ0) is 20.7. The van der Waals surface area contributed by atoms with Gasteiger partial charge in [-0.05, 0) is 49.2 Å². The molecule has 2 rings (SSSR count). The third-order valence-electron chi connectivity index (χ3n) is 3.43. The summed E-state index contributed by atoms with van der Waals surface area (Å²) in [5.41, 5.74) is 1.75. The quantitative estimate of drug-likeness (QED) is 0.461. The van der Waals surface area contributed by atoms with Gasteiger partial charge in [0.2, 0.25) is 0 Å². The highest BCUT2D eigenvalue weighted by molar-refractivity contribution is 6.67. The predicted molar refractivity (Wildman–Crippen MR) is 97.2 cm³/mol. The van der Waals surface area contributed by atoms with Crippen LogP contribution in [0.15, 0.2) is 36.4 Å². The van der Waals surface area contributed by atoms with Gasteiger partial charge in [-0.15, -0.1) is 0 Å². The Morgan fingerprint density at radius 2 is 1.44 bits per heavy atom. The fraction of sp³-hybridized carbons (Fsp3) is 0.176. The highest BCUT2D eigenvalue weighted by atomic mass is 35.5. The van der Waals surface area contributed by atoms with Gasteiger partial charge in [0.15, 0.2) is 0 Å². The average Bonchev–Trinajstić information content (AvgIpc) is 2.54. The molecule has 10 heteroatoms. The van der Waals surface area contributed by atoms with Gasteiger partial charge < -0.3 is 5.11 Å². The molecule has 0 fully saturated rings. The summed E-state index contributed by atoms with van der Waals surface area (Å²) < 4.78 is 0. The standard InChI is InChI=1S/C9H9NO4.C8H6ClNO3/c1-6-4-7(5-9(11)12)2-3-8(6)10(13)14;1-5-4-6(8(9)11)2-3-7(5)10(12)13/h2-4H,5H2,1H3,(H,11,12);2-4H,1H3. The molecule has 0 aliphatic heterocycles. The molecule has 2 aromatic rings. The minimum Gasteiger partial charge on any atom is -0.481 e. The Hall–Kier alpha value is -3.33. The fourth-order valence-corrected chi connectivity index (χ4v) is 2.31. The Morgan fingerprint density at radius 1 is 0.963 bits per heavy atom. The first-order valence-electron chi connectivity index (χ1n) is 7.43. The summed E-state index contributed by atoms with van der Waals surface area (Å²) >= 11 is 5.20. The van der Waals surface area contributed by atoms with Gasteiger partial charge in [-0.3, -0.25) is 29.8 Å². The summed E-state index contributed by atoms with van der Waals surface area (Å²) in [7, 11) is 0. The molecule has 0 aliphatic carbocycles. The van der Waals surface area contributed by atoms with E-state index in [0.29, 0.717) is 16.7 Å². The molecule has 0 amide bonds. The van der Waals surface area contributed by atoms with Gasteiger partial charge in [-0.1, -0.05) is 6.07 Å². The molecular formula is C17H15ClN2O7. The van der Waals surface area contributed by atoms with Crippen LogP contribution >= 0.6 is 11.6 Å². The largest absolute Gasteiger partial charge is 0.481 e. The van der Waals surface area contributed by atoms with Gasteiger partial charge in [0.05, 0.1) is 16.3 Å². The zero-order valence-electron chi connectivity index (χ0n) is 14.3. The summed E-state index contributed by atoms with van der Waals surface area (Å²) in [6.07, 6.45) is -0.112. The third-order valence-corrected chi connectivity index (χ3v) is 3.65. The molecule has 0 saturated carbocycles. The van der Waals surface area contributed by atoms with E-state index >= 15 is 0 Å². The molecule has 142 valence electrons. The van der Waals surface area contributed by atoms with Gasteiger partial charge >= 0.3 is 5.97 Å². The lowest BCUT2D eigenvalue weighted by atomic mass is 10.1. The molecule has 1 N–H and O–H groups in total. The lowest BCUT2D eigenvalue weighted by Gasteiger charge is -2.00. The van der Waals surface area contributed by atoms with Crippen molar-refractivity contribution in [3.63, 3.8) is 0 Å². The van der Waals surface area contributed by atoms with Crippen LogP contribution in [0.2, 0.25) is 0 Å². The Morgan fingerprint density at radius 3 is 1.81 bits per heavy atom. The van der Waals surface area contributed by atoms with E-state index in [-0.39, 0.29) is 23.4 Å². The van der Waals surface area contributed by atoms with Crippen LogP contribution in [0.4, 0.5) is 11.4 Å².